The summed E-state index contributed by atoms with van der Waals surface area (Å²) in [5.74, 6) is -0.142. The number of fused-ring (bicyclic) bond motifs is 1. The maximum atomic E-state index is 13.7. The Morgan fingerprint density at radius 1 is 1.08 bits per heavy atom. The van der Waals surface area contributed by atoms with Gasteiger partial charge >= 0.3 is 6.09 Å². The molecule has 2 heterocycles. The molecule has 2 aromatic carbocycles. The lowest BCUT2D eigenvalue weighted by atomic mass is 9.91. The topological polar surface area (TPSA) is 115 Å². The summed E-state index contributed by atoms with van der Waals surface area (Å²) in [6.07, 6.45) is -0.943. The normalized spacial score (nSPS) is 14.4. The van der Waals surface area contributed by atoms with Crippen LogP contribution >= 0.6 is 0 Å². The zero-order chi connectivity index (χ0) is 25.7. The molecule has 1 N–H and O–H groups in total. The Hall–Kier alpha value is -3.98. The van der Waals surface area contributed by atoms with Crippen LogP contribution in [0.3, 0.4) is 0 Å². The molecule has 0 atom stereocenters. The minimum Gasteiger partial charge on any atom is -0.443 e. The zero-order valence-corrected chi connectivity index (χ0v) is 20.7. The average Bonchev–Trinajstić information content (AvgIpc) is 2.99. The third-order valence-electron chi connectivity index (χ3n) is 5.80. The lowest BCUT2D eigenvalue weighted by molar-refractivity contribution is -0.126. The van der Waals surface area contributed by atoms with E-state index in [0.717, 1.165) is 12.1 Å². The van der Waals surface area contributed by atoms with E-state index in [0.29, 0.717) is 35.4 Å². The number of aliphatic imine (C=N–C) groups is 1. The monoisotopic (exact) mass is 487 g/mol. The van der Waals surface area contributed by atoms with E-state index in [4.69, 9.17) is 4.74 Å². The first-order valence-electron chi connectivity index (χ1n) is 11.8. The van der Waals surface area contributed by atoms with Crippen LogP contribution in [0.5, 0.6) is 0 Å². The summed E-state index contributed by atoms with van der Waals surface area (Å²) < 4.78 is 6.61. The summed E-state index contributed by atoms with van der Waals surface area (Å²) in [5.41, 5.74) is 0.701. The number of nitrogens with one attached hydrogen (secondary N) is 1. The van der Waals surface area contributed by atoms with Gasteiger partial charge in [0.05, 0.1) is 30.0 Å². The fraction of sp³-hybridized carbons (Fsp3) is 0.333. The van der Waals surface area contributed by atoms with Gasteiger partial charge < -0.3 is 10.1 Å². The number of aromatic nitrogens is 2. The fourth-order valence-corrected chi connectivity index (χ4v) is 3.71. The Kier molecular flexibility index (Phi) is 7.49. The van der Waals surface area contributed by atoms with E-state index in [1.54, 1.807) is 32.9 Å². The second kappa shape index (κ2) is 10.7. The van der Waals surface area contributed by atoms with Crippen molar-refractivity contribution in [2.24, 2.45) is 15.4 Å². The van der Waals surface area contributed by atoms with Crippen LogP contribution in [0.15, 0.2) is 69.4 Å². The first-order valence-corrected chi connectivity index (χ1v) is 11.8. The van der Waals surface area contributed by atoms with Gasteiger partial charge in [-0.25, -0.2) is 9.78 Å². The second-order valence-electron chi connectivity index (χ2n) is 9.52. The number of benzene rings is 2. The molecule has 1 aliphatic rings. The Morgan fingerprint density at radius 3 is 2.50 bits per heavy atom. The van der Waals surface area contributed by atoms with Gasteiger partial charge in [0, 0.05) is 23.9 Å². The third kappa shape index (κ3) is 5.80. The molecule has 0 fully saturated rings. The van der Waals surface area contributed by atoms with E-state index in [2.05, 4.69) is 20.3 Å². The molecule has 4 rings (SSSR count). The standard InChI is InChI=1S/C27H29N5O4/c1-27(2,3)22(33)16-32-21-12-8-7-11-19(21)23(20-15-28-13-14-29-20)30-24(25(32)34)31-26(35)36-17-18-9-5-4-6-10-18/h4-12,28H,13-17H2,1-3H3. The maximum absolute atomic E-state index is 13.7. The summed E-state index contributed by atoms with van der Waals surface area (Å²) >= 11 is 0. The van der Waals surface area contributed by atoms with E-state index < -0.39 is 17.1 Å². The highest BCUT2D eigenvalue weighted by Crippen LogP contribution is 2.19. The van der Waals surface area contributed by atoms with Gasteiger partial charge in [-0.15, -0.1) is 4.99 Å². The molecular formula is C27H29N5O4. The number of para-hydroxylation sites is 1. The number of rotatable bonds is 5. The maximum Gasteiger partial charge on any atom is 0.436 e. The largest absolute Gasteiger partial charge is 0.443 e. The minimum absolute atomic E-state index is 0.00426. The first kappa shape index (κ1) is 25.1. The smallest absolute Gasteiger partial charge is 0.436 e. The van der Waals surface area contributed by atoms with Crippen molar-refractivity contribution in [3.05, 3.63) is 81.7 Å². The van der Waals surface area contributed by atoms with Crippen LogP contribution in [0, 0.1) is 5.41 Å². The Morgan fingerprint density at radius 2 is 1.81 bits per heavy atom. The van der Waals surface area contributed by atoms with Crippen molar-refractivity contribution >= 4 is 28.5 Å². The Labute approximate surface area is 208 Å². The van der Waals surface area contributed by atoms with E-state index in [9.17, 15) is 14.4 Å². The van der Waals surface area contributed by atoms with Crippen molar-refractivity contribution in [3.63, 3.8) is 0 Å². The van der Waals surface area contributed by atoms with Crippen molar-refractivity contribution in [3.8, 4) is 0 Å². The molecule has 36 heavy (non-hydrogen) atoms. The summed E-state index contributed by atoms with van der Waals surface area (Å²) in [7, 11) is 0. The van der Waals surface area contributed by atoms with Gasteiger partial charge in [-0.05, 0) is 11.6 Å². The number of carbonyl (C=O) groups excluding carboxylic acids is 2. The molecule has 1 amide bonds. The number of amides is 1. The van der Waals surface area contributed by atoms with Crippen LogP contribution in [0.1, 0.15) is 32.0 Å². The van der Waals surface area contributed by atoms with Crippen LogP contribution in [0.25, 0.3) is 10.9 Å². The lowest BCUT2D eigenvalue weighted by Gasteiger charge is -2.17. The van der Waals surface area contributed by atoms with Gasteiger partial charge in [-0.1, -0.05) is 69.3 Å². The van der Waals surface area contributed by atoms with E-state index in [-0.39, 0.29) is 24.4 Å². The van der Waals surface area contributed by atoms with E-state index in [1.165, 1.54) is 4.57 Å². The molecular weight excluding hydrogens is 458 g/mol. The van der Waals surface area contributed by atoms with Gasteiger partial charge in [0.2, 0.25) is 5.49 Å². The number of hydrogen-bond donors (Lipinski definition) is 1. The van der Waals surface area contributed by atoms with Crippen LogP contribution in [0.4, 0.5) is 4.79 Å². The Bertz CT molecular complexity index is 1450. The molecule has 1 aliphatic heterocycles. The minimum atomic E-state index is -0.943. The molecule has 0 unspecified atom stereocenters. The van der Waals surface area contributed by atoms with E-state index in [1.807, 2.05) is 42.5 Å². The molecule has 1 aromatic heterocycles. The number of ketones is 1. The van der Waals surface area contributed by atoms with Crippen LogP contribution in [-0.4, -0.2) is 46.8 Å². The molecule has 0 radical (unpaired) electrons. The lowest BCUT2D eigenvalue weighted by Crippen LogP contribution is -2.39. The fourth-order valence-electron chi connectivity index (χ4n) is 3.71. The average molecular weight is 488 g/mol. The third-order valence-corrected chi connectivity index (χ3v) is 5.80. The Balaban J connectivity index is 1.91. The van der Waals surface area contributed by atoms with Gasteiger partial charge in [0.25, 0.3) is 5.56 Å². The number of nitrogens with zero attached hydrogens (tertiary/aromatic N) is 4. The number of carbonyl (C=O) groups is 2. The number of Topliss-reactive ketones (excluding diaryl/α,β-unsaturated/α-hetero) is 1. The predicted octanol–water partition coefficient (Wildman–Crippen LogP) is 2.64. The second-order valence-corrected chi connectivity index (χ2v) is 9.52. The molecule has 3 aromatic rings. The molecule has 0 saturated heterocycles. The number of hydrogen-bond acceptors (Lipinski definition) is 7. The van der Waals surface area contributed by atoms with Gasteiger partial charge in [0.15, 0.2) is 5.78 Å². The van der Waals surface area contributed by atoms with Crippen LogP contribution in [-0.2, 0) is 22.7 Å². The molecule has 9 heteroatoms. The highest BCUT2D eigenvalue weighted by atomic mass is 16.5. The zero-order valence-electron chi connectivity index (χ0n) is 20.7. The van der Waals surface area contributed by atoms with Crippen molar-refractivity contribution in [2.45, 2.75) is 33.9 Å². The molecule has 0 bridgehead atoms. The van der Waals surface area contributed by atoms with Crippen molar-refractivity contribution < 1.29 is 14.3 Å². The predicted molar refractivity (Wildman–Crippen MR) is 137 cm³/mol. The summed E-state index contributed by atoms with van der Waals surface area (Å²) in [6.45, 7) is 6.94. The summed E-state index contributed by atoms with van der Waals surface area (Å²) in [5, 5.41) is 3.89. The SMILES string of the molecule is CC(C)(C)C(=O)Cn1c(=O)c(=NC(=O)OCc2ccccc2)nc(C2=NCCNC2)c2ccccc21. The highest BCUT2D eigenvalue weighted by molar-refractivity contribution is 6.09. The van der Waals surface area contributed by atoms with Crippen molar-refractivity contribution in [2.75, 3.05) is 19.6 Å². The van der Waals surface area contributed by atoms with Crippen LogP contribution < -0.4 is 16.4 Å². The molecule has 9 nitrogen and oxygen atoms in total. The first-order chi connectivity index (χ1) is 17.2. The van der Waals surface area contributed by atoms with Gasteiger partial charge in [-0.2, -0.15) is 0 Å². The van der Waals surface area contributed by atoms with Gasteiger partial charge in [-0.3, -0.25) is 19.1 Å². The molecule has 186 valence electrons. The molecule has 0 saturated carbocycles. The number of ether oxygens (including phenoxy) is 1. The van der Waals surface area contributed by atoms with Crippen molar-refractivity contribution in [1.82, 2.24) is 14.9 Å². The highest BCUT2D eigenvalue weighted by Gasteiger charge is 2.24. The van der Waals surface area contributed by atoms with Crippen molar-refractivity contribution in [1.29, 1.82) is 0 Å². The summed E-state index contributed by atoms with van der Waals surface area (Å²) in [4.78, 5) is 52.3. The molecule has 0 spiro atoms. The van der Waals surface area contributed by atoms with E-state index >= 15 is 0 Å². The van der Waals surface area contributed by atoms with Gasteiger partial charge in [0.1, 0.15) is 6.61 Å². The molecule has 0 aliphatic carbocycles. The van der Waals surface area contributed by atoms with Crippen LogP contribution in [0.2, 0.25) is 0 Å². The summed E-state index contributed by atoms with van der Waals surface area (Å²) in [6, 6.07) is 16.4. The quantitative estimate of drug-likeness (QED) is 0.592.